The van der Waals surface area contributed by atoms with Gasteiger partial charge in [-0.15, -0.1) is 0 Å². The molecule has 1 aliphatic heterocycles. The fourth-order valence-corrected chi connectivity index (χ4v) is 5.19. The number of hydrogen-bond acceptors (Lipinski definition) is 4. The Balaban J connectivity index is 1.78. The van der Waals surface area contributed by atoms with Crippen molar-refractivity contribution in [3.8, 4) is 5.75 Å². The Kier molecular flexibility index (Phi) is 6.03. The summed E-state index contributed by atoms with van der Waals surface area (Å²) in [4.78, 5) is 26.3. The van der Waals surface area contributed by atoms with Crippen molar-refractivity contribution in [1.82, 2.24) is 14.7 Å². The van der Waals surface area contributed by atoms with Gasteiger partial charge >= 0.3 is 5.97 Å². The average molecular weight is 426 g/mol. The number of amides is 1. The molecule has 31 heavy (non-hydrogen) atoms. The number of carbonyl (C=O) groups is 2. The van der Waals surface area contributed by atoms with Gasteiger partial charge in [-0.05, 0) is 67.7 Å². The number of nitrogens with zero attached hydrogens (tertiary/aromatic N) is 3. The van der Waals surface area contributed by atoms with Gasteiger partial charge in [-0.2, -0.15) is 5.10 Å². The van der Waals surface area contributed by atoms with Gasteiger partial charge in [-0.3, -0.25) is 14.3 Å². The first kappa shape index (κ1) is 21.4. The van der Waals surface area contributed by atoms with Crippen molar-refractivity contribution < 1.29 is 19.8 Å². The van der Waals surface area contributed by atoms with Crippen LogP contribution in [-0.2, 0) is 43.4 Å². The lowest BCUT2D eigenvalue weighted by Gasteiger charge is -2.20. The molecule has 0 spiro atoms. The van der Waals surface area contributed by atoms with Crippen LogP contribution < -0.4 is 0 Å². The number of fused-ring (bicyclic) bond motifs is 1. The summed E-state index contributed by atoms with van der Waals surface area (Å²) in [5.41, 5.74) is 6.43. The van der Waals surface area contributed by atoms with Crippen LogP contribution in [0.25, 0.3) is 0 Å². The zero-order valence-corrected chi connectivity index (χ0v) is 18.4. The first-order chi connectivity index (χ1) is 14.9. The minimum Gasteiger partial charge on any atom is -0.507 e. The summed E-state index contributed by atoms with van der Waals surface area (Å²) in [6, 6.07) is 1.88. The van der Waals surface area contributed by atoms with E-state index in [0.29, 0.717) is 18.4 Å². The van der Waals surface area contributed by atoms with E-state index in [-0.39, 0.29) is 18.2 Å². The summed E-state index contributed by atoms with van der Waals surface area (Å²) >= 11 is 0. The first-order valence-corrected chi connectivity index (χ1v) is 11.4. The quantitative estimate of drug-likeness (QED) is 0.711. The third kappa shape index (κ3) is 3.93. The molecule has 1 aliphatic carbocycles. The number of phenols is 1. The molecule has 2 N–H and O–H groups in total. The molecule has 1 aromatic carbocycles. The zero-order chi connectivity index (χ0) is 22.1. The third-order valence-electron chi connectivity index (χ3n) is 6.66. The number of carboxylic acids is 1. The van der Waals surface area contributed by atoms with Gasteiger partial charge in [0.2, 0.25) is 0 Å². The molecule has 1 saturated heterocycles. The summed E-state index contributed by atoms with van der Waals surface area (Å²) in [6.07, 6.45) is 6.67. The number of aromatic hydroxyl groups is 1. The molecule has 1 amide bonds. The van der Waals surface area contributed by atoms with Crippen molar-refractivity contribution in [3.05, 3.63) is 45.3 Å². The van der Waals surface area contributed by atoms with Crippen molar-refractivity contribution in [2.24, 2.45) is 0 Å². The average Bonchev–Trinajstić information content (AvgIpc) is 3.49. The van der Waals surface area contributed by atoms with Crippen LogP contribution in [0, 0.1) is 0 Å². The first-order valence-electron chi connectivity index (χ1n) is 11.4. The lowest BCUT2D eigenvalue weighted by atomic mass is 9.91. The summed E-state index contributed by atoms with van der Waals surface area (Å²) in [7, 11) is 0. The Labute approximate surface area is 182 Å². The van der Waals surface area contributed by atoms with Gasteiger partial charge in [0.05, 0.1) is 11.3 Å². The second kappa shape index (κ2) is 8.73. The fourth-order valence-electron chi connectivity index (χ4n) is 5.19. The Morgan fingerprint density at radius 1 is 1.06 bits per heavy atom. The molecule has 0 atom stereocenters. The van der Waals surface area contributed by atoms with E-state index in [1.54, 1.807) is 4.68 Å². The van der Waals surface area contributed by atoms with Crippen LogP contribution in [0.2, 0.25) is 0 Å². The van der Waals surface area contributed by atoms with Crippen LogP contribution in [0.5, 0.6) is 5.75 Å². The molecular weight excluding hydrogens is 394 g/mol. The lowest BCUT2D eigenvalue weighted by Crippen LogP contribution is -2.28. The van der Waals surface area contributed by atoms with E-state index in [0.717, 1.165) is 85.3 Å². The van der Waals surface area contributed by atoms with E-state index in [9.17, 15) is 19.8 Å². The number of phenolic OH excluding ortho intramolecular Hbond substituents is 1. The highest BCUT2D eigenvalue weighted by Crippen LogP contribution is 2.38. The molecule has 0 unspecified atom stereocenters. The van der Waals surface area contributed by atoms with Gasteiger partial charge in [0.1, 0.15) is 12.3 Å². The van der Waals surface area contributed by atoms with E-state index >= 15 is 0 Å². The highest BCUT2D eigenvalue weighted by molar-refractivity contribution is 5.98. The minimum atomic E-state index is -0.907. The molecule has 7 heteroatoms. The van der Waals surface area contributed by atoms with Gasteiger partial charge in [-0.1, -0.05) is 13.8 Å². The van der Waals surface area contributed by atoms with Crippen LogP contribution in [0.15, 0.2) is 6.07 Å². The Morgan fingerprint density at radius 2 is 1.77 bits per heavy atom. The molecule has 166 valence electrons. The predicted octanol–water partition coefficient (Wildman–Crippen LogP) is 3.11. The standard InChI is InChI=1S/C24H31N3O4/c1-3-20-18(21(4-2)27(25-20)14-22(28)29)12-15-13-19(24(31)26-10-5-6-11-26)23(30)17-9-7-8-16(15)17/h13,30H,3-12,14H2,1-2H3,(H,28,29). The number of likely N-dealkylation sites (tertiary alicyclic amines) is 1. The van der Waals surface area contributed by atoms with E-state index in [1.165, 1.54) is 0 Å². The van der Waals surface area contributed by atoms with Crippen LogP contribution in [0.3, 0.4) is 0 Å². The van der Waals surface area contributed by atoms with Gasteiger partial charge in [-0.25, -0.2) is 0 Å². The fraction of sp³-hybridized carbons (Fsp3) is 0.542. The van der Waals surface area contributed by atoms with Crippen molar-refractivity contribution in [2.75, 3.05) is 13.1 Å². The van der Waals surface area contributed by atoms with Crippen LogP contribution in [-0.4, -0.2) is 49.9 Å². The largest absolute Gasteiger partial charge is 0.507 e. The number of carboxylic acid groups (broad SMARTS) is 1. The second-order valence-electron chi connectivity index (χ2n) is 8.55. The zero-order valence-electron chi connectivity index (χ0n) is 18.4. The third-order valence-corrected chi connectivity index (χ3v) is 6.66. The van der Waals surface area contributed by atoms with Crippen molar-refractivity contribution in [2.45, 2.75) is 71.8 Å². The topological polar surface area (TPSA) is 95.7 Å². The Hall–Kier alpha value is -2.83. The highest BCUT2D eigenvalue weighted by Gasteiger charge is 2.29. The number of aliphatic carboxylic acids is 1. The van der Waals surface area contributed by atoms with Gasteiger partial charge < -0.3 is 15.1 Å². The number of carbonyl (C=O) groups excluding carboxylic acids is 1. The molecule has 1 fully saturated rings. The molecule has 0 radical (unpaired) electrons. The monoisotopic (exact) mass is 425 g/mol. The maximum Gasteiger partial charge on any atom is 0.325 e. The molecule has 2 aromatic rings. The van der Waals surface area contributed by atoms with Gasteiger partial charge in [0, 0.05) is 30.8 Å². The van der Waals surface area contributed by atoms with E-state index in [4.69, 9.17) is 0 Å². The minimum absolute atomic E-state index is 0.0843. The van der Waals surface area contributed by atoms with Crippen LogP contribution >= 0.6 is 0 Å². The Morgan fingerprint density at radius 3 is 2.42 bits per heavy atom. The highest BCUT2D eigenvalue weighted by atomic mass is 16.4. The molecule has 2 aliphatic rings. The molecule has 1 aromatic heterocycles. The summed E-state index contributed by atoms with van der Waals surface area (Å²) in [6.45, 7) is 5.38. The molecular formula is C24H31N3O4. The summed E-state index contributed by atoms with van der Waals surface area (Å²) < 4.78 is 1.60. The maximum absolute atomic E-state index is 13.1. The maximum atomic E-state index is 13.1. The number of hydrogen-bond donors (Lipinski definition) is 2. The number of benzene rings is 1. The second-order valence-corrected chi connectivity index (χ2v) is 8.55. The van der Waals surface area contributed by atoms with Crippen molar-refractivity contribution in [1.29, 1.82) is 0 Å². The van der Waals surface area contributed by atoms with E-state index in [1.807, 2.05) is 24.8 Å². The summed E-state index contributed by atoms with van der Waals surface area (Å²) in [5, 5.41) is 24.8. The number of aromatic nitrogens is 2. The van der Waals surface area contributed by atoms with Crippen LogP contribution in [0.4, 0.5) is 0 Å². The molecule has 7 nitrogen and oxygen atoms in total. The van der Waals surface area contributed by atoms with E-state index < -0.39 is 5.97 Å². The summed E-state index contributed by atoms with van der Waals surface area (Å²) in [5.74, 6) is -0.837. The van der Waals surface area contributed by atoms with E-state index in [2.05, 4.69) is 5.10 Å². The van der Waals surface area contributed by atoms with Gasteiger partial charge in [0.15, 0.2) is 0 Å². The number of rotatable bonds is 7. The lowest BCUT2D eigenvalue weighted by molar-refractivity contribution is -0.137. The molecule has 4 rings (SSSR count). The molecule has 2 heterocycles. The van der Waals surface area contributed by atoms with Crippen molar-refractivity contribution >= 4 is 11.9 Å². The smallest absolute Gasteiger partial charge is 0.325 e. The normalized spacial score (nSPS) is 15.5. The number of aryl methyl sites for hydroxylation is 1. The van der Waals surface area contributed by atoms with Gasteiger partial charge in [0.25, 0.3) is 5.91 Å². The van der Waals surface area contributed by atoms with Crippen molar-refractivity contribution in [3.63, 3.8) is 0 Å². The Bertz CT molecular complexity index is 1020. The van der Waals surface area contributed by atoms with Crippen LogP contribution in [0.1, 0.15) is 77.1 Å². The molecule has 0 bridgehead atoms. The SMILES string of the molecule is CCc1nn(CC(=O)O)c(CC)c1Cc1cc(C(=O)N2CCCC2)c(O)c2c1CCC2. The predicted molar refractivity (Wildman–Crippen MR) is 117 cm³/mol. The molecule has 0 saturated carbocycles.